The lowest BCUT2D eigenvalue weighted by molar-refractivity contribution is 0.626. The van der Waals surface area contributed by atoms with Gasteiger partial charge in [0, 0.05) is 10.0 Å². The molecular weight excluding hydrogens is 207 g/mol. The van der Waals surface area contributed by atoms with Gasteiger partial charge in [0.1, 0.15) is 5.82 Å². The van der Waals surface area contributed by atoms with Gasteiger partial charge in [-0.05, 0) is 25.1 Å². The minimum atomic E-state index is -0.267. The first kappa shape index (κ1) is 8.29. The van der Waals surface area contributed by atoms with Gasteiger partial charge in [-0.3, -0.25) is 0 Å². The third-order valence-electron chi connectivity index (χ3n) is 1.13. The standard InChI is InChI=1S/C9H6BrF/c1-2-3-7-4-8(10)6-9(11)5-7/h4-6H,1H3. The SMILES string of the molecule is CC#Cc1cc(F)cc(Br)c1. The molecule has 0 saturated heterocycles. The Morgan fingerprint density at radius 3 is 2.64 bits per heavy atom. The average molecular weight is 213 g/mol. The van der Waals surface area contributed by atoms with Crippen molar-refractivity contribution in [2.24, 2.45) is 0 Å². The van der Waals surface area contributed by atoms with Gasteiger partial charge in [-0.2, -0.15) is 0 Å². The van der Waals surface area contributed by atoms with Crippen LogP contribution in [0.1, 0.15) is 12.5 Å². The van der Waals surface area contributed by atoms with Crippen molar-refractivity contribution >= 4 is 15.9 Å². The highest BCUT2D eigenvalue weighted by atomic mass is 79.9. The van der Waals surface area contributed by atoms with Gasteiger partial charge in [-0.1, -0.05) is 21.9 Å². The molecule has 2 heteroatoms. The van der Waals surface area contributed by atoms with Crippen LogP contribution in [-0.2, 0) is 0 Å². The maximum atomic E-state index is 12.7. The van der Waals surface area contributed by atoms with Crippen molar-refractivity contribution in [2.45, 2.75) is 6.92 Å². The smallest absolute Gasteiger partial charge is 0.125 e. The molecule has 0 atom stereocenters. The zero-order valence-corrected chi connectivity index (χ0v) is 7.57. The summed E-state index contributed by atoms with van der Waals surface area (Å²) in [7, 11) is 0. The average Bonchev–Trinajstić information content (AvgIpc) is 1.85. The van der Waals surface area contributed by atoms with Crippen molar-refractivity contribution in [1.29, 1.82) is 0 Å². The van der Waals surface area contributed by atoms with Gasteiger partial charge in [0.05, 0.1) is 0 Å². The molecule has 1 aromatic rings. The van der Waals surface area contributed by atoms with Crippen molar-refractivity contribution in [2.75, 3.05) is 0 Å². The van der Waals surface area contributed by atoms with E-state index in [0.29, 0.717) is 5.56 Å². The highest BCUT2D eigenvalue weighted by molar-refractivity contribution is 9.10. The highest BCUT2D eigenvalue weighted by Crippen LogP contribution is 2.13. The third-order valence-corrected chi connectivity index (χ3v) is 1.59. The van der Waals surface area contributed by atoms with E-state index in [2.05, 4.69) is 27.8 Å². The summed E-state index contributed by atoms with van der Waals surface area (Å²) >= 11 is 3.18. The molecule has 0 fully saturated rings. The molecule has 0 radical (unpaired) electrons. The second-order valence-corrected chi connectivity index (χ2v) is 2.95. The molecule has 0 aromatic heterocycles. The highest BCUT2D eigenvalue weighted by Gasteiger charge is 1.94. The van der Waals surface area contributed by atoms with Crippen molar-refractivity contribution < 1.29 is 4.39 Å². The maximum Gasteiger partial charge on any atom is 0.125 e. The Bertz CT molecular complexity index is 300. The van der Waals surface area contributed by atoms with Gasteiger partial charge in [0.15, 0.2) is 0 Å². The van der Waals surface area contributed by atoms with Crippen molar-refractivity contribution in [3.05, 3.63) is 34.1 Å². The quantitative estimate of drug-likeness (QED) is 0.581. The van der Waals surface area contributed by atoms with Crippen LogP contribution in [0.25, 0.3) is 0 Å². The maximum absolute atomic E-state index is 12.7. The summed E-state index contributed by atoms with van der Waals surface area (Å²) in [4.78, 5) is 0. The molecule has 0 aliphatic carbocycles. The molecule has 1 rings (SSSR count). The topological polar surface area (TPSA) is 0 Å². The molecule has 0 spiro atoms. The number of benzene rings is 1. The summed E-state index contributed by atoms with van der Waals surface area (Å²) in [6.45, 7) is 1.72. The Morgan fingerprint density at radius 1 is 1.36 bits per heavy atom. The summed E-state index contributed by atoms with van der Waals surface area (Å²) in [6, 6.07) is 4.58. The molecule has 0 heterocycles. The van der Waals surface area contributed by atoms with E-state index in [1.807, 2.05) is 0 Å². The Kier molecular flexibility index (Phi) is 2.67. The van der Waals surface area contributed by atoms with Crippen LogP contribution in [0, 0.1) is 17.7 Å². The molecule has 0 nitrogen and oxygen atoms in total. The molecule has 0 saturated carbocycles. The molecule has 0 N–H and O–H groups in total. The fourth-order valence-electron chi connectivity index (χ4n) is 0.770. The van der Waals surface area contributed by atoms with Crippen LogP contribution in [0.2, 0.25) is 0 Å². The first-order chi connectivity index (χ1) is 5.22. The van der Waals surface area contributed by atoms with E-state index in [-0.39, 0.29) is 5.82 Å². The first-order valence-corrected chi connectivity index (χ1v) is 3.90. The predicted octanol–water partition coefficient (Wildman–Crippen LogP) is 2.96. The van der Waals surface area contributed by atoms with Gasteiger partial charge in [-0.25, -0.2) is 4.39 Å². The predicted molar refractivity (Wildman–Crippen MR) is 46.7 cm³/mol. The summed E-state index contributed by atoms with van der Waals surface area (Å²) in [5.41, 5.74) is 0.694. The van der Waals surface area contributed by atoms with Gasteiger partial charge < -0.3 is 0 Å². The van der Waals surface area contributed by atoms with E-state index in [1.54, 1.807) is 13.0 Å². The molecule has 56 valence electrons. The van der Waals surface area contributed by atoms with Crippen LogP contribution in [0.5, 0.6) is 0 Å². The van der Waals surface area contributed by atoms with Gasteiger partial charge in [0.25, 0.3) is 0 Å². The summed E-state index contributed by atoms with van der Waals surface area (Å²) in [5.74, 6) is 5.20. The van der Waals surface area contributed by atoms with Crippen LogP contribution < -0.4 is 0 Å². The van der Waals surface area contributed by atoms with Crippen molar-refractivity contribution in [1.82, 2.24) is 0 Å². The number of halogens is 2. The molecule has 0 unspecified atom stereocenters. The van der Waals surface area contributed by atoms with E-state index in [1.165, 1.54) is 12.1 Å². The molecule has 0 amide bonds. The fraction of sp³-hybridized carbons (Fsp3) is 0.111. The molecule has 1 aromatic carbocycles. The second kappa shape index (κ2) is 3.54. The van der Waals surface area contributed by atoms with Crippen molar-refractivity contribution in [3.63, 3.8) is 0 Å². The zero-order chi connectivity index (χ0) is 8.27. The minimum absolute atomic E-state index is 0.267. The van der Waals surface area contributed by atoms with Gasteiger partial charge >= 0.3 is 0 Å². The monoisotopic (exact) mass is 212 g/mol. The number of hydrogen-bond acceptors (Lipinski definition) is 0. The lowest BCUT2D eigenvalue weighted by Crippen LogP contribution is -1.78. The van der Waals surface area contributed by atoms with Crippen LogP contribution in [-0.4, -0.2) is 0 Å². The second-order valence-electron chi connectivity index (χ2n) is 2.03. The molecular formula is C9H6BrF. The Balaban J connectivity index is 3.15. The summed E-state index contributed by atoms with van der Waals surface area (Å²) < 4.78 is 13.4. The van der Waals surface area contributed by atoms with Crippen molar-refractivity contribution in [3.8, 4) is 11.8 Å². The normalized spacial score (nSPS) is 8.64. The van der Waals surface area contributed by atoms with E-state index in [4.69, 9.17) is 0 Å². The first-order valence-electron chi connectivity index (χ1n) is 3.11. The zero-order valence-electron chi connectivity index (χ0n) is 5.99. The van der Waals surface area contributed by atoms with E-state index < -0.39 is 0 Å². The van der Waals surface area contributed by atoms with Gasteiger partial charge in [-0.15, -0.1) is 5.92 Å². The van der Waals surface area contributed by atoms with Crippen LogP contribution in [0.15, 0.2) is 22.7 Å². The third kappa shape index (κ3) is 2.36. The van der Waals surface area contributed by atoms with E-state index in [9.17, 15) is 4.39 Å². The summed E-state index contributed by atoms with van der Waals surface area (Å²) in [5, 5.41) is 0. The van der Waals surface area contributed by atoms with Crippen LogP contribution >= 0.6 is 15.9 Å². The number of hydrogen-bond donors (Lipinski definition) is 0. The number of rotatable bonds is 0. The Labute approximate surface area is 73.6 Å². The van der Waals surface area contributed by atoms with E-state index in [0.717, 1.165) is 4.47 Å². The Hall–Kier alpha value is -0.810. The largest absolute Gasteiger partial charge is 0.207 e. The van der Waals surface area contributed by atoms with Crippen LogP contribution in [0.4, 0.5) is 4.39 Å². The molecule has 0 bridgehead atoms. The lowest BCUT2D eigenvalue weighted by Gasteiger charge is -1.92. The summed E-state index contributed by atoms with van der Waals surface area (Å²) in [6.07, 6.45) is 0. The van der Waals surface area contributed by atoms with Crippen LogP contribution in [0.3, 0.4) is 0 Å². The molecule has 11 heavy (non-hydrogen) atoms. The molecule has 0 aliphatic rings. The van der Waals surface area contributed by atoms with Gasteiger partial charge in [0.2, 0.25) is 0 Å². The lowest BCUT2D eigenvalue weighted by atomic mass is 10.2. The Morgan fingerprint density at radius 2 is 2.09 bits per heavy atom. The molecule has 0 aliphatic heterocycles. The van der Waals surface area contributed by atoms with E-state index >= 15 is 0 Å². The fourth-order valence-corrected chi connectivity index (χ4v) is 1.24. The minimum Gasteiger partial charge on any atom is -0.207 e.